The summed E-state index contributed by atoms with van der Waals surface area (Å²) in [5, 5.41) is 4.07. The van der Waals surface area contributed by atoms with Crippen LogP contribution < -0.4 is 10.6 Å². The molecule has 0 aliphatic heterocycles. The number of amides is 3. The van der Waals surface area contributed by atoms with Crippen molar-refractivity contribution in [3.8, 4) is 0 Å². The van der Waals surface area contributed by atoms with Crippen LogP contribution in [0.3, 0.4) is 0 Å². The molecule has 0 radical (unpaired) electrons. The minimum Gasteiger partial charge on any atom is -0.335 e. The Hall–Kier alpha value is -0.770. The van der Waals surface area contributed by atoms with Crippen LogP contribution in [0.25, 0.3) is 0 Å². The van der Waals surface area contributed by atoms with E-state index in [-0.39, 0.29) is 6.04 Å². The number of urea groups is 1. The molecule has 1 fully saturated rings. The molecule has 12 heavy (non-hydrogen) atoms. The lowest BCUT2D eigenvalue weighted by atomic mass is 10.4. The highest BCUT2D eigenvalue weighted by atomic mass is 35.5. The Balaban J connectivity index is 2.20. The summed E-state index contributed by atoms with van der Waals surface area (Å²) in [6, 6.07) is -0.196. The zero-order chi connectivity index (χ0) is 9.14. The van der Waals surface area contributed by atoms with Crippen LogP contribution in [-0.4, -0.2) is 23.4 Å². The Labute approximate surface area is 75.6 Å². The monoisotopic (exact) mass is 190 g/mol. The fraction of sp³-hybridized carbons (Fsp3) is 0.714. The molecule has 0 aromatic rings. The standard InChI is InChI=1S/C7H11ClN2O2/c1-4(8)6(11)10-7(12)9-5-2-3-5/h4-5H,2-3H2,1H3,(H2,9,10,11,12)/t4-/m0/s1. The summed E-state index contributed by atoms with van der Waals surface area (Å²) >= 11 is 5.43. The van der Waals surface area contributed by atoms with Crippen LogP contribution in [0.5, 0.6) is 0 Å². The maximum atomic E-state index is 10.9. The van der Waals surface area contributed by atoms with Crippen molar-refractivity contribution in [2.75, 3.05) is 0 Å². The van der Waals surface area contributed by atoms with Gasteiger partial charge in [0.15, 0.2) is 0 Å². The topological polar surface area (TPSA) is 58.2 Å². The van der Waals surface area contributed by atoms with Crippen molar-refractivity contribution in [3.63, 3.8) is 0 Å². The third kappa shape index (κ3) is 3.09. The highest BCUT2D eigenvalue weighted by Crippen LogP contribution is 2.18. The van der Waals surface area contributed by atoms with Crippen LogP contribution in [0.15, 0.2) is 0 Å². The number of imide groups is 1. The highest BCUT2D eigenvalue weighted by Gasteiger charge is 2.24. The Morgan fingerprint density at radius 1 is 1.50 bits per heavy atom. The lowest BCUT2D eigenvalue weighted by Gasteiger charge is -2.05. The Morgan fingerprint density at radius 2 is 2.08 bits per heavy atom. The van der Waals surface area contributed by atoms with Crippen molar-refractivity contribution in [2.45, 2.75) is 31.2 Å². The molecule has 0 unspecified atom stereocenters. The van der Waals surface area contributed by atoms with Crippen molar-refractivity contribution in [2.24, 2.45) is 0 Å². The molecule has 0 spiro atoms. The Kier molecular flexibility index (Phi) is 2.92. The molecule has 0 aromatic heterocycles. The normalized spacial score (nSPS) is 18.2. The van der Waals surface area contributed by atoms with Gasteiger partial charge in [0, 0.05) is 6.04 Å². The SMILES string of the molecule is C[C@H](Cl)C(=O)NC(=O)NC1CC1. The van der Waals surface area contributed by atoms with Crippen LogP contribution in [-0.2, 0) is 4.79 Å². The number of carbonyl (C=O) groups excluding carboxylic acids is 2. The number of alkyl halides is 1. The minimum absolute atomic E-state index is 0.253. The van der Waals surface area contributed by atoms with Crippen molar-refractivity contribution in [3.05, 3.63) is 0 Å². The fourth-order valence-electron chi connectivity index (χ4n) is 0.660. The van der Waals surface area contributed by atoms with Gasteiger partial charge in [0.1, 0.15) is 5.38 Å². The first-order chi connectivity index (χ1) is 5.59. The maximum absolute atomic E-state index is 10.9. The van der Waals surface area contributed by atoms with Crippen LogP contribution in [0.4, 0.5) is 4.79 Å². The largest absolute Gasteiger partial charge is 0.335 e. The predicted octanol–water partition coefficient (Wildman–Crippen LogP) is 0.602. The van der Waals surface area contributed by atoms with Gasteiger partial charge in [-0.3, -0.25) is 10.1 Å². The second-order valence-electron chi connectivity index (χ2n) is 2.85. The molecule has 3 amide bonds. The van der Waals surface area contributed by atoms with Gasteiger partial charge in [-0.2, -0.15) is 0 Å². The summed E-state index contributed by atoms with van der Waals surface area (Å²) in [6.45, 7) is 1.52. The first-order valence-corrected chi connectivity index (χ1v) is 4.28. The second kappa shape index (κ2) is 3.76. The van der Waals surface area contributed by atoms with E-state index >= 15 is 0 Å². The van der Waals surface area contributed by atoms with E-state index < -0.39 is 17.3 Å². The van der Waals surface area contributed by atoms with E-state index in [0.717, 1.165) is 12.8 Å². The molecule has 4 nitrogen and oxygen atoms in total. The van der Waals surface area contributed by atoms with Gasteiger partial charge in [0.2, 0.25) is 5.91 Å². The molecule has 1 aliphatic rings. The highest BCUT2D eigenvalue weighted by molar-refractivity contribution is 6.31. The van der Waals surface area contributed by atoms with E-state index in [1.807, 2.05) is 0 Å². The number of rotatable bonds is 2. The molecule has 1 aliphatic carbocycles. The van der Waals surface area contributed by atoms with Crippen molar-refractivity contribution < 1.29 is 9.59 Å². The number of halogens is 1. The van der Waals surface area contributed by atoms with E-state index in [9.17, 15) is 9.59 Å². The minimum atomic E-state index is -0.671. The summed E-state index contributed by atoms with van der Waals surface area (Å²) < 4.78 is 0. The smallest absolute Gasteiger partial charge is 0.321 e. The zero-order valence-corrected chi connectivity index (χ0v) is 7.52. The molecule has 0 saturated heterocycles. The summed E-state index contributed by atoms with van der Waals surface area (Å²) in [6.07, 6.45) is 2.00. The van der Waals surface area contributed by atoms with E-state index in [1.54, 1.807) is 0 Å². The predicted molar refractivity (Wildman–Crippen MR) is 45.0 cm³/mol. The quantitative estimate of drug-likeness (QED) is 0.627. The van der Waals surface area contributed by atoms with Crippen LogP contribution in [0.2, 0.25) is 0 Å². The van der Waals surface area contributed by atoms with Gasteiger partial charge in [0.05, 0.1) is 0 Å². The third-order valence-corrected chi connectivity index (χ3v) is 1.71. The summed E-state index contributed by atoms with van der Waals surface area (Å²) in [7, 11) is 0. The molecule has 68 valence electrons. The number of hydrogen-bond acceptors (Lipinski definition) is 2. The van der Waals surface area contributed by atoms with Gasteiger partial charge in [0.25, 0.3) is 0 Å². The molecule has 5 heteroatoms. The molecule has 0 heterocycles. The first kappa shape index (κ1) is 9.32. The summed E-state index contributed by atoms with van der Waals surface area (Å²) in [4.78, 5) is 21.8. The molecule has 1 rings (SSSR count). The van der Waals surface area contributed by atoms with Crippen LogP contribution >= 0.6 is 11.6 Å². The molecule has 1 saturated carbocycles. The lowest BCUT2D eigenvalue weighted by Crippen LogP contribution is -2.43. The molecular formula is C7H11ClN2O2. The Bertz CT molecular complexity index is 202. The van der Waals surface area contributed by atoms with E-state index in [0.29, 0.717) is 0 Å². The average molecular weight is 191 g/mol. The van der Waals surface area contributed by atoms with Crippen molar-refractivity contribution >= 4 is 23.5 Å². The van der Waals surface area contributed by atoms with E-state index in [4.69, 9.17) is 11.6 Å². The Morgan fingerprint density at radius 3 is 2.50 bits per heavy atom. The fourth-order valence-corrected chi connectivity index (χ4v) is 0.715. The zero-order valence-electron chi connectivity index (χ0n) is 6.76. The molecule has 0 aromatic carbocycles. The van der Waals surface area contributed by atoms with Gasteiger partial charge < -0.3 is 5.32 Å². The average Bonchev–Trinajstić information content (AvgIpc) is 2.71. The van der Waals surface area contributed by atoms with Gasteiger partial charge in [-0.05, 0) is 19.8 Å². The van der Waals surface area contributed by atoms with Gasteiger partial charge in [-0.25, -0.2) is 4.79 Å². The van der Waals surface area contributed by atoms with Gasteiger partial charge in [-0.1, -0.05) is 0 Å². The lowest BCUT2D eigenvalue weighted by molar-refractivity contribution is -0.119. The molecule has 2 N–H and O–H groups in total. The van der Waals surface area contributed by atoms with Crippen LogP contribution in [0, 0.1) is 0 Å². The van der Waals surface area contributed by atoms with Gasteiger partial charge in [-0.15, -0.1) is 11.6 Å². The van der Waals surface area contributed by atoms with Crippen molar-refractivity contribution in [1.82, 2.24) is 10.6 Å². The maximum Gasteiger partial charge on any atom is 0.321 e. The summed E-state index contributed by atoms with van der Waals surface area (Å²) in [5.41, 5.74) is 0. The van der Waals surface area contributed by atoms with E-state index in [1.165, 1.54) is 6.92 Å². The van der Waals surface area contributed by atoms with Crippen molar-refractivity contribution in [1.29, 1.82) is 0 Å². The number of nitrogens with one attached hydrogen (secondary N) is 2. The molecule has 0 bridgehead atoms. The number of carbonyl (C=O) groups is 2. The van der Waals surface area contributed by atoms with Crippen LogP contribution in [0.1, 0.15) is 19.8 Å². The summed E-state index contributed by atoms with van der Waals surface area (Å²) in [5.74, 6) is -0.463. The second-order valence-corrected chi connectivity index (χ2v) is 3.51. The third-order valence-electron chi connectivity index (χ3n) is 1.51. The van der Waals surface area contributed by atoms with Gasteiger partial charge >= 0.3 is 6.03 Å². The van der Waals surface area contributed by atoms with E-state index in [2.05, 4.69) is 10.6 Å². The molecular weight excluding hydrogens is 180 g/mol. The first-order valence-electron chi connectivity index (χ1n) is 3.85. The number of hydrogen-bond donors (Lipinski definition) is 2. The molecule has 1 atom stereocenters.